The highest BCUT2D eigenvalue weighted by molar-refractivity contribution is 4.89. The first-order chi connectivity index (χ1) is 4.93. The van der Waals surface area contributed by atoms with Crippen LogP contribution < -0.4 is 0 Å². The van der Waals surface area contributed by atoms with Crippen molar-refractivity contribution in [1.29, 1.82) is 0 Å². The fraction of sp³-hybridized carbons (Fsp3) is 1.00. The zero-order valence-corrected chi connectivity index (χ0v) is 8.52. The smallest absolute Gasteiger partial charge is 0.0144 e. The molecule has 0 aromatic rings. The summed E-state index contributed by atoms with van der Waals surface area (Å²) in [6, 6.07) is 1.58. The van der Waals surface area contributed by atoms with Crippen LogP contribution in [0.4, 0.5) is 0 Å². The summed E-state index contributed by atoms with van der Waals surface area (Å²) >= 11 is 0. The maximum absolute atomic E-state index is 2.53. The van der Waals surface area contributed by atoms with Crippen molar-refractivity contribution >= 4 is 0 Å². The van der Waals surface area contributed by atoms with Gasteiger partial charge in [0.05, 0.1) is 0 Å². The summed E-state index contributed by atoms with van der Waals surface area (Å²) in [7, 11) is 2.26. The second kappa shape index (κ2) is 2.78. The average molecular weight is 155 g/mol. The summed E-state index contributed by atoms with van der Waals surface area (Å²) in [6.07, 6.45) is 2.75. The zero-order chi connectivity index (χ0) is 8.65. The van der Waals surface area contributed by atoms with Crippen molar-refractivity contribution in [3.63, 3.8) is 0 Å². The highest BCUT2D eigenvalue weighted by Gasteiger charge is 2.35. The third kappa shape index (κ3) is 1.76. The number of rotatable bonds is 0. The minimum atomic E-state index is 0.458. The Hall–Kier alpha value is -0.0400. The van der Waals surface area contributed by atoms with Crippen molar-refractivity contribution in [2.75, 3.05) is 7.05 Å². The molecule has 2 unspecified atom stereocenters. The summed E-state index contributed by atoms with van der Waals surface area (Å²) in [5.74, 6) is 0. The van der Waals surface area contributed by atoms with Crippen molar-refractivity contribution in [1.82, 2.24) is 4.90 Å². The Labute approximate surface area is 70.8 Å². The molecular formula is C10H21N. The molecule has 1 rings (SSSR count). The van der Waals surface area contributed by atoms with Gasteiger partial charge in [-0.2, -0.15) is 0 Å². The van der Waals surface area contributed by atoms with Crippen LogP contribution in [0.25, 0.3) is 0 Å². The van der Waals surface area contributed by atoms with Crippen LogP contribution >= 0.6 is 0 Å². The summed E-state index contributed by atoms with van der Waals surface area (Å²) < 4.78 is 0. The summed E-state index contributed by atoms with van der Waals surface area (Å²) in [5, 5.41) is 0. The lowest BCUT2D eigenvalue weighted by Crippen LogP contribution is -2.39. The molecule has 0 aliphatic carbocycles. The molecular weight excluding hydrogens is 134 g/mol. The molecule has 1 aliphatic rings. The molecule has 0 N–H and O–H groups in total. The molecule has 0 saturated carbocycles. The Bertz CT molecular complexity index is 134. The van der Waals surface area contributed by atoms with Crippen LogP contribution in [0.5, 0.6) is 0 Å². The SMILES string of the molecule is CC1CCC(C(C)(C)C)N1C. The van der Waals surface area contributed by atoms with E-state index in [9.17, 15) is 0 Å². The molecule has 1 nitrogen and oxygen atoms in total. The standard InChI is InChI=1S/C10H21N/c1-8-6-7-9(11(8)5)10(2,3)4/h8-9H,6-7H2,1-5H3. The quantitative estimate of drug-likeness (QED) is 0.519. The Morgan fingerprint density at radius 1 is 1.18 bits per heavy atom. The van der Waals surface area contributed by atoms with E-state index in [2.05, 4.69) is 39.6 Å². The van der Waals surface area contributed by atoms with Gasteiger partial charge in [0.25, 0.3) is 0 Å². The summed E-state index contributed by atoms with van der Waals surface area (Å²) in [6.45, 7) is 9.34. The molecule has 11 heavy (non-hydrogen) atoms. The van der Waals surface area contributed by atoms with E-state index in [0.29, 0.717) is 5.41 Å². The maximum Gasteiger partial charge on any atom is 0.0144 e. The van der Waals surface area contributed by atoms with Crippen molar-refractivity contribution in [3.8, 4) is 0 Å². The molecule has 1 heteroatoms. The predicted molar refractivity (Wildman–Crippen MR) is 49.7 cm³/mol. The normalized spacial score (nSPS) is 34.6. The van der Waals surface area contributed by atoms with Gasteiger partial charge in [0.2, 0.25) is 0 Å². The van der Waals surface area contributed by atoms with Crippen LogP contribution in [0.3, 0.4) is 0 Å². The van der Waals surface area contributed by atoms with E-state index in [1.807, 2.05) is 0 Å². The summed E-state index contributed by atoms with van der Waals surface area (Å²) in [4.78, 5) is 2.53. The summed E-state index contributed by atoms with van der Waals surface area (Å²) in [5.41, 5.74) is 0.458. The number of nitrogens with zero attached hydrogens (tertiary/aromatic N) is 1. The van der Waals surface area contributed by atoms with Crippen LogP contribution in [0.2, 0.25) is 0 Å². The third-order valence-corrected chi connectivity index (χ3v) is 3.04. The fourth-order valence-corrected chi connectivity index (χ4v) is 2.16. The monoisotopic (exact) mass is 155 g/mol. The molecule has 1 fully saturated rings. The molecule has 0 aromatic carbocycles. The van der Waals surface area contributed by atoms with E-state index >= 15 is 0 Å². The topological polar surface area (TPSA) is 3.24 Å². The van der Waals surface area contributed by atoms with E-state index in [4.69, 9.17) is 0 Å². The number of hydrogen-bond donors (Lipinski definition) is 0. The highest BCUT2D eigenvalue weighted by atomic mass is 15.2. The van der Waals surface area contributed by atoms with Crippen LogP contribution in [-0.4, -0.2) is 24.0 Å². The van der Waals surface area contributed by atoms with Crippen LogP contribution in [0.1, 0.15) is 40.5 Å². The molecule has 2 atom stereocenters. The van der Waals surface area contributed by atoms with Crippen molar-refractivity contribution in [2.45, 2.75) is 52.6 Å². The minimum absolute atomic E-state index is 0.458. The zero-order valence-electron chi connectivity index (χ0n) is 8.52. The van der Waals surface area contributed by atoms with Gasteiger partial charge in [-0.05, 0) is 32.2 Å². The molecule has 0 amide bonds. The highest BCUT2D eigenvalue weighted by Crippen LogP contribution is 2.34. The van der Waals surface area contributed by atoms with Gasteiger partial charge >= 0.3 is 0 Å². The van der Waals surface area contributed by atoms with Gasteiger partial charge in [-0.1, -0.05) is 20.8 Å². The molecule has 1 heterocycles. The molecule has 0 spiro atoms. The predicted octanol–water partition coefficient (Wildman–Crippen LogP) is 2.52. The van der Waals surface area contributed by atoms with Crippen LogP contribution in [0.15, 0.2) is 0 Å². The largest absolute Gasteiger partial charge is 0.300 e. The van der Waals surface area contributed by atoms with E-state index in [1.54, 1.807) is 0 Å². The third-order valence-electron chi connectivity index (χ3n) is 3.04. The number of likely N-dealkylation sites (tertiary alicyclic amines) is 1. The van der Waals surface area contributed by atoms with Crippen molar-refractivity contribution in [2.24, 2.45) is 5.41 Å². The van der Waals surface area contributed by atoms with E-state index in [1.165, 1.54) is 12.8 Å². The van der Waals surface area contributed by atoms with Crippen molar-refractivity contribution in [3.05, 3.63) is 0 Å². The molecule has 1 aliphatic heterocycles. The van der Waals surface area contributed by atoms with Gasteiger partial charge in [-0.3, -0.25) is 0 Å². The second-order valence-electron chi connectivity index (χ2n) is 4.97. The molecule has 66 valence electrons. The fourth-order valence-electron chi connectivity index (χ4n) is 2.16. The molecule has 0 bridgehead atoms. The van der Waals surface area contributed by atoms with Gasteiger partial charge in [-0.25, -0.2) is 0 Å². The average Bonchev–Trinajstić information content (AvgIpc) is 2.11. The lowest BCUT2D eigenvalue weighted by atomic mass is 9.85. The first kappa shape index (κ1) is 9.05. The van der Waals surface area contributed by atoms with E-state index in [0.717, 1.165) is 12.1 Å². The van der Waals surface area contributed by atoms with Crippen LogP contribution in [0, 0.1) is 5.41 Å². The Morgan fingerprint density at radius 3 is 1.91 bits per heavy atom. The molecule has 0 aromatic heterocycles. The minimum Gasteiger partial charge on any atom is -0.300 e. The van der Waals surface area contributed by atoms with Gasteiger partial charge in [-0.15, -0.1) is 0 Å². The second-order valence-corrected chi connectivity index (χ2v) is 4.97. The van der Waals surface area contributed by atoms with Gasteiger partial charge in [0.1, 0.15) is 0 Å². The lowest BCUT2D eigenvalue weighted by Gasteiger charge is -2.34. The Morgan fingerprint density at radius 2 is 1.73 bits per heavy atom. The van der Waals surface area contributed by atoms with Crippen molar-refractivity contribution < 1.29 is 0 Å². The van der Waals surface area contributed by atoms with E-state index in [-0.39, 0.29) is 0 Å². The van der Waals surface area contributed by atoms with Gasteiger partial charge in [0.15, 0.2) is 0 Å². The maximum atomic E-state index is 2.53. The Kier molecular flexibility index (Phi) is 2.29. The van der Waals surface area contributed by atoms with Crippen LogP contribution in [-0.2, 0) is 0 Å². The lowest BCUT2D eigenvalue weighted by molar-refractivity contribution is 0.143. The first-order valence-corrected chi connectivity index (χ1v) is 4.65. The first-order valence-electron chi connectivity index (χ1n) is 4.65. The molecule has 0 radical (unpaired) electrons. The van der Waals surface area contributed by atoms with E-state index < -0.39 is 0 Å². The van der Waals surface area contributed by atoms with Gasteiger partial charge in [0, 0.05) is 12.1 Å². The Balaban J connectivity index is 2.62. The van der Waals surface area contributed by atoms with Gasteiger partial charge < -0.3 is 4.90 Å². The number of hydrogen-bond acceptors (Lipinski definition) is 1. The molecule has 1 saturated heterocycles.